The van der Waals surface area contributed by atoms with Gasteiger partial charge in [-0.05, 0) is 39.3 Å². The summed E-state index contributed by atoms with van der Waals surface area (Å²) >= 11 is 1.52. The van der Waals surface area contributed by atoms with E-state index in [4.69, 9.17) is 0 Å². The normalized spacial score (nSPS) is 17.2. The van der Waals surface area contributed by atoms with E-state index in [1.54, 1.807) is 0 Å². The van der Waals surface area contributed by atoms with Crippen molar-refractivity contribution < 1.29 is 4.79 Å². The number of likely N-dealkylation sites (N-methyl/N-ethyl adjacent to an activating group) is 1. The Bertz CT molecular complexity index is 501. The molecule has 6 nitrogen and oxygen atoms in total. The lowest BCUT2D eigenvalue weighted by molar-refractivity contribution is 0.240. The predicted octanol–water partition coefficient (Wildman–Crippen LogP) is 3.68. The Labute approximate surface area is 149 Å². The van der Waals surface area contributed by atoms with Gasteiger partial charge >= 0.3 is 6.03 Å². The number of urea groups is 1. The van der Waals surface area contributed by atoms with Gasteiger partial charge in [-0.25, -0.2) is 4.79 Å². The third kappa shape index (κ3) is 6.36. The number of rotatable bonds is 7. The van der Waals surface area contributed by atoms with Crippen molar-refractivity contribution in [3.63, 3.8) is 0 Å². The summed E-state index contributed by atoms with van der Waals surface area (Å²) < 4.78 is 0. The van der Waals surface area contributed by atoms with Gasteiger partial charge in [-0.2, -0.15) is 0 Å². The molecule has 1 fully saturated rings. The lowest BCUT2D eigenvalue weighted by Gasteiger charge is -2.23. The molecule has 2 amide bonds. The van der Waals surface area contributed by atoms with Gasteiger partial charge < -0.3 is 10.2 Å². The summed E-state index contributed by atoms with van der Waals surface area (Å²) in [7, 11) is 4.04. The standard InChI is InChI=1S/C17H31N5OS/c1-12(2)10-14(11-22(3)4)18-16(23)19-17-21-20-15(24-17)13-8-6-5-7-9-13/h12-14H,5-11H2,1-4H3,(H2,18,19,21,23). The number of amides is 2. The van der Waals surface area contributed by atoms with Crippen LogP contribution in [0.1, 0.15) is 63.3 Å². The van der Waals surface area contributed by atoms with Gasteiger partial charge in [-0.15, -0.1) is 10.2 Å². The first-order valence-corrected chi connectivity index (χ1v) is 9.81. The molecule has 1 aliphatic carbocycles. The zero-order chi connectivity index (χ0) is 17.5. The summed E-state index contributed by atoms with van der Waals surface area (Å²) in [6.45, 7) is 5.17. The molecule has 24 heavy (non-hydrogen) atoms. The largest absolute Gasteiger partial charge is 0.334 e. The molecule has 0 bridgehead atoms. The fourth-order valence-corrected chi connectivity index (χ4v) is 4.21. The number of anilines is 1. The van der Waals surface area contributed by atoms with E-state index in [0.29, 0.717) is 17.0 Å². The molecule has 1 aliphatic rings. The maximum absolute atomic E-state index is 12.3. The van der Waals surface area contributed by atoms with Gasteiger partial charge in [0.2, 0.25) is 5.13 Å². The molecule has 0 saturated heterocycles. The minimum absolute atomic E-state index is 0.130. The number of nitrogens with one attached hydrogen (secondary N) is 2. The molecular weight excluding hydrogens is 322 g/mol. The van der Waals surface area contributed by atoms with Crippen LogP contribution in [0.2, 0.25) is 0 Å². The van der Waals surface area contributed by atoms with Crippen LogP contribution in [0.3, 0.4) is 0 Å². The predicted molar refractivity (Wildman–Crippen MR) is 99.7 cm³/mol. The monoisotopic (exact) mass is 353 g/mol. The molecule has 136 valence electrons. The van der Waals surface area contributed by atoms with Crippen LogP contribution in [-0.2, 0) is 0 Å². The van der Waals surface area contributed by atoms with Crippen LogP contribution in [-0.4, -0.2) is 47.8 Å². The molecule has 2 N–H and O–H groups in total. The summed E-state index contributed by atoms with van der Waals surface area (Å²) in [5.74, 6) is 1.06. The Hall–Kier alpha value is -1.21. The summed E-state index contributed by atoms with van der Waals surface area (Å²) in [6.07, 6.45) is 7.21. The van der Waals surface area contributed by atoms with Crippen molar-refractivity contribution in [2.24, 2.45) is 5.92 Å². The molecule has 0 aromatic carbocycles. The lowest BCUT2D eigenvalue weighted by atomic mass is 9.90. The maximum Gasteiger partial charge on any atom is 0.321 e. The van der Waals surface area contributed by atoms with E-state index in [0.717, 1.165) is 18.0 Å². The first-order valence-electron chi connectivity index (χ1n) is 8.99. The second-order valence-electron chi connectivity index (χ2n) is 7.47. The van der Waals surface area contributed by atoms with Crippen molar-refractivity contribution >= 4 is 22.5 Å². The van der Waals surface area contributed by atoms with Crippen LogP contribution in [0.15, 0.2) is 0 Å². The van der Waals surface area contributed by atoms with Crippen LogP contribution >= 0.6 is 11.3 Å². The van der Waals surface area contributed by atoms with Gasteiger partial charge in [-0.3, -0.25) is 5.32 Å². The van der Waals surface area contributed by atoms with Crippen molar-refractivity contribution in [3.8, 4) is 0 Å². The highest BCUT2D eigenvalue weighted by atomic mass is 32.1. The van der Waals surface area contributed by atoms with Crippen LogP contribution in [0, 0.1) is 5.92 Å². The van der Waals surface area contributed by atoms with E-state index < -0.39 is 0 Å². The molecule has 1 saturated carbocycles. The van der Waals surface area contributed by atoms with Gasteiger partial charge in [0, 0.05) is 18.5 Å². The molecular formula is C17H31N5OS. The first kappa shape index (κ1) is 19.1. The van der Waals surface area contributed by atoms with Gasteiger partial charge in [-0.1, -0.05) is 44.4 Å². The summed E-state index contributed by atoms with van der Waals surface area (Å²) in [5, 5.41) is 16.0. The average Bonchev–Trinajstić information content (AvgIpc) is 2.95. The molecule has 7 heteroatoms. The molecule has 2 rings (SSSR count). The number of aromatic nitrogens is 2. The molecule has 1 aromatic rings. The molecule has 1 unspecified atom stereocenters. The Kier molecular flexibility index (Phi) is 7.42. The number of hydrogen-bond donors (Lipinski definition) is 2. The molecule has 1 aromatic heterocycles. The molecule has 0 aliphatic heterocycles. The van der Waals surface area contributed by atoms with E-state index in [-0.39, 0.29) is 12.1 Å². The summed E-state index contributed by atoms with van der Waals surface area (Å²) in [6, 6.07) is -0.0559. The highest BCUT2D eigenvalue weighted by Gasteiger charge is 2.21. The van der Waals surface area contributed by atoms with Crippen molar-refractivity contribution in [3.05, 3.63) is 5.01 Å². The van der Waals surface area contributed by atoms with E-state index >= 15 is 0 Å². The first-order chi connectivity index (χ1) is 11.4. The number of carbonyl (C=O) groups is 1. The van der Waals surface area contributed by atoms with Crippen LogP contribution in [0.25, 0.3) is 0 Å². The van der Waals surface area contributed by atoms with Gasteiger partial charge in [0.05, 0.1) is 0 Å². The minimum atomic E-state index is -0.186. The lowest BCUT2D eigenvalue weighted by Crippen LogP contribution is -2.44. The summed E-state index contributed by atoms with van der Waals surface area (Å²) in [4.78, 5) is 14.4. The topological polar surface area (TPSA) is 70.2 Å². The van der Waals surface area contributed by atoms with Crippen molar-refractivity contribution in [2.45, 2.75) is 64.3 Å². The fourth-order valence-electron chi connectivity index (χ4n) is 3.31. The molecule has 1 heterocycles. The second kappa shape index (κ2) is 9.32. The van der Waals surface area contributed by atoms with Crippen molar-refractivity contribution in [2.75, 3.05) is 26.0 Å². The maximum atomic E-state index is 12.3. The zero-order valence-corrected chi connectivity index (χ0v) is 16.2. The van der Waals surface area contributed by atoms with Gasteiger partial charge in [0.25, 0.3) is 0 Å². The highest BCUT2D eigenvalue weighted by molar-refractivity contribution is 7.15. The van der Waals surface area contributed by atoms with Crippen LogP contribution in [0.5, 0.6) is 0 Å². The van der Waals surface area contributed by atoms with Crippen LogP contribution < -0.4 is 10.6 Å². The molecule has 0 spiro atoms. The number of hydrogen-bond acceptors (Lipinski definition) is 5. The van der Waals surface area contributed by atoms with E-state index in [2.05, 4.69) is 39.6 Å². The Morgan fingerprint density at radius 1 is 1.25 bits per heavy atom. The van der Waals surface area contributed by atoms with E-state index in [9.17, 15) is 4.79 Å². The summed E-state index contributed by atoms with van der Waals surface area (Å²) in [5.41, 5.74) is 0. The Morgan fingerprint density at radius 2 is 1.96 bits per heavy atom. The van der Waals surface area contributed by atoms with Crippen molar-refractivity contribution in [1.82, 2.24) is 20.4 Å². The Balaban J connectivity index is 1.87. The molecule has 1 atom stereocenters. The smallest absolute Gasteiger partial charge is 0.321 e. The zero-order valence-electron chi connectivity index (χ0n) is 15.3. The Morgan fingerprint density at radius 3 is 2.58 bits per heavy atom. The number of carbonyl (C=O) groups excluding carboxylic acids is 1. The van der Waals surface area contributed by atoms with Gasteiger partial charge in [0.15, 0.2) is 0 Å². The van der Waals surface area contributed by atoms with E-state index in [1.165, 1.54) is 43.4 Å². The molecule has 0 radical (unpaired) electrons. The third-order valence-electron chi connectivity index (χ3n) is 4.29. The minimum Gasteiger partial charge on any atom is -0.334 e. The third-order valence-corrected chi connectivity index (χ3v) is 5.29. The van der Waals surface area contributed by atoms with Crippen LogP contribution in [0.4, 0.5) is 9.93 Å². The SMILES string of the molecule is CC(C)CC(CN(C)C)NC(=O)Nc1nnc(C2CCCCC2)s1. The highest BCUT2D eigenvalue weighted by Crippen LogP contribution is 2.35. The fraction of sp³-hybridized carbons (Fsp3) is 0.824. The second-order valence-corrected chi connectivity index (χ2v) is 8.48. The van der Waals surface area contributed by atoms with Crippen molar-refractivity contribution in [1.29, 1.82) is 0 Å². The van der Waals surface area contributed by atoms with Gasteiger partial charge in [0.1, 0.15) is 5.01 Å². The van der Waals surface area contributed by atoms with E-state index in [1.807, 2.05) is 14.1 Å². The number of nitrogens with zero attached hydrogens (tertiary/aromatic N) is 3. The average molecular weight is 354 g/mol. The quantitative estimate of drug-likeness (QED) is 0.784.